The maximum atomic E-state index is 13.4. The molecule has 1 heterocycles. The molecule has 1 aliphatic heterocycles. The van der Waals surface area contributed by atoms with Gasteiger partial charge in [0.15, 0.2) is 0 Å². The van der Waals surface area contributed by atoms with E-state index in [1.807, 2.05) is 56.3 Å². The number of urea groups is 1. The lowest BCUT2D eigenvalue weighted by molar-refractivity contribution is -0.122. The summed E-state index contributed by atoms with van der Waals surface area (Å²) in [5, 5.41) is 4.86. The number of anilines is 1. The minimum Gasteiger partial charge on any atom is -0.487 e. The Labute approximate surface area is 229 Å². The summed E-state index contributed by atoms with van der Waals surface area (Å²) in [6, 6.07) is 21.3. The van der Waals surface area contributed by atoms with Crippen LogP contribution in [0.4, 0.5) is 10.5 Å². The zero-order valence-electron chi connectivity index (χ0n) is 20.5. The van der Waals surface area contributed by atoms with Gasteiger partial charge in [0.2, 0.25) is 0 Å². The standard InChI is InChI=1S/C30H22Cl2N2O4/c1-17-10-11-23(12-18(17)2)34-29(36)25(28(35)33-30(34)37)14-21-13-22(31)15-26(32)27(21)38-16-20-8-5-7-19-6-3-4-9-24(19)20/h3-15H,16H2,1-2H3,(H,33,35,37)/b25-14+. The second-order valence-corrected chi connectivity index (χ2v) is 9.80. The first-order valence-corrected chi connectivity index (χ1v) is 12.6. The average molecular weight is 545 g/mol. The topological polar surface area (TPSA) is 75.7 Å². The van der Waals surface area contributed by atoms with Crippen molar-refractivity contribution in [3.05, 3.63) is 111 Å². The summed E-state index contributed by atoms with van der Waals surface area (Å²) < 4.78 is 6.13. The van der Waals surface area contributed by atoms with Crippen molar-refractivity contribution in [3.63, 3.8) is 0 Å². The Bertz CT molecular complexity index is 1660. The highest BCUT2D eigenvalue weighted by Crippen LogP contribution is 2.36. The molecule has 0 aromatic heterocycles. The van der Waals surface area contributed by atoms with Gasteiger partial charge in [-0.3, -0.25) is 14.9 Å². The number of imide groups is 2. The molecular formula is C30H22Cl2N2O4. The van der Waals surface area contributed by atoms with Crippen LogP contribution in [0.2, 0.25) is 10.0 Å². The number of aryl methyl sites for hydroxylation is 2. The predicted octanol–water partition coefficient (Wildman–Crippen LogP) is 7.01. The Kier molecular flexibility index (Phi) is 6.93. The number of fused-ring (bicyclic) bond motifs is 1. The van der Waals surface area contributed by atoms with Gasteiger partial charge in [-0.05, 0) is 71.7 Å². The molecule has 8 heteroatoms. The molecule has 6 nitrogen and oxygen atoms in total. The van der Waals surface area contributed by atoms with E-state index in [9.17, 15) is 14.4 Å². The Morgan fingerprint density at radius 1 is 0.895 bits per heavy atom. The predicted molar refractivity (Wildman–Crippen MR) is 150 cm³/mol. The smallest absolute Gasteiger partial charge is 0.335 e. The molecule has 1 fully saturated rings. The van der Waals surface area contributed by atoms with Crippen molar-refractivity contribution in [2.24, 2.45) is 0 Å². The number of benzene rings is 4. The fourth-order valence-corrected chi connectivity index (χ4v) is 4.88. The van der Waals surface area contributed by atoms with E-state index in [1.54, 1.807) is 24.3 Å². The third-order valence-electron chi connectivity index (χ3n) is 6.44. The molecule has 0 bridgehead atoms. The summed E-state index contributed by atoms with van der Waals surface area (Å²) in [7, 11) is 0. The van der Waals surface area contributed by atoms with Crippen LogP contribution < -0.4 is 15.0 Å². The van der Waals surface area contributed by atoms with E-state index in [0.29, 0.717) is 16.3 Å². The van der Waals surface area contributed by atoms with Crippen LogP contribution in [0.5, 0.6) is 5.75 Å². The second kappa shape index (κ2) is 10.3. The van der Waals surface area contributed by atoms with Crippen molar-refractivity contribution in [3.8, 4) is 5.75 Å². The van der Waals surface area contributed by atoms with E-state index >= 15 is 0 Å². The van der Waals surface area contributed by atoms with Gasteiger partial charge in [0.05, 0.1) is 10.7 Å². The summed E-state index contributed by atoms with van der Waals surface area (Å²) in [6.45, 7) is 3.99. The highest BCUT2D eigenvalue weighted by atomic mass is 35.5. The van der Waals surface area contributed by atoms with Crippen LogP contribution in [0.1, 0.15) is 22.3 Å². The molecule has 5 rings (SSSR count). The summed E-state index contributed by atoms with van der Waals surface area (Å²) in [5.74, 6) is -1.33. The molecule has 0 spiro atoms. The highest BCUT2D eigenvalue weighted by molar-refractivity contribution is 6.40. The normalized spacial score (nSPS) is 14.8. The largest absolute Gasteiger partial charge is 0.487 e. The fraction of sp³-hybridized carbons (Fsp3) is 0.100. The van der Waals surface area contributed by atoms with Crippen LogP contribution in [-0.4, -0.2) is 17.8 Å². The zero-order chi connectivity index (χ0) is 27.0. The number of halogens is 2. The summed E-state index contributed by atoms with van der Waals surface area (Å²) in [5.41, 5.74) is 3.27. The third kappa shape index (κ3) is 4.88. The molecule has 4 aromatic carbocycles. The SMILES string of the molecule is Cc1ccc(N2C(=O)NC(=O)/C(=C\c3cc(Cl)cc(Cl)c3OCc3cccc4ccccc34)C2=O)cc1C. The lowest BCUT2D eigenvalue weighted by atomic mass is 10.0. The molecular weight excluding hydrogens is 523 g/mol. The van der Waals surface area contributed by atoms with E-state index in [1.165, 1.54) is 12.1 Å². The molecule has 38 heavy (non-hydrogen) atoms. The summed E-state index contributed by atoms with van der Waals surface area (Å²) >= 11 is 12.8. The van der Waals surface area contributed by atoms with Gasteiger partial charge in [0.1, 0.15) is 17.9 Å². The molecule has 1 aliphatic rings. The Morgan fingerprint density at radius 3 is 2.45 bits per heavy atom. The average Bonchev–Trinajstić information content (AvgIpc) is 2.88. The Morgan fingerprint density at radius 2 is 1.66 bits per heavy atom. The monoisotopic (exact) mass is 544 g/mol. The van der Waals surface area contributed by atoms with Crippen molar-refractivity contribution < 1.29 is 19.1 Å². The van der Waals surface area contributed by atoms with Crippen molar-refractivity contribution in [2.75, 3.05) is 4.90 Å². The van der Waals surface area contributed by atoms with Crippen LogP contribution in [-0.2, 0) is 16.2 Å². The van der Waals surface area contributed by atoms with E-state index in [0.717, 1.165) is 32.4 Å². The first-order valence-electron chi connectivity index (χ1n) is 11.8. The second-order valence-electron chi connectivity index (χ2n) is 8.96. The molecule has 0 unspecified atom stereocenters. The molecule has 4 amide bonds. The number of hydrogen-bond donors (Lipinski definition) is 1. The molecule has 4 aromatic rings. The maximum Gasteiger partial charge on any atom is 0.335 e. The molecule has 0 saturated carbocycles. The van der Waals surface area contributed by atoms with Crippen LogP contribution in [0, 0.1) is 13.8 Å². The fourth-order valence-electron chi connectivity index (χ4n) is 4.32. The van der Waals surface area contributed by atoms with Gasteiger partial charge in [-0.2, -0.15) is 0 Å². The number of amides is 4. The van der Waals surface area contributed by atoms with Gasteiger partial charge in [0, 0.05) is 10.6 Å². The number of ether oxygens (including phenoxy) is 1. The van der Waals surface area contributed by atoms with Crippen molar-refractivity contribution >= 4 is 63.6 Å². The maximum absolute atomic E-state index is 13.4. The molecule has 0 aliphatic carbocycles. The number of carbonyl (C=O) groups is 3. The van der Waals surface area contributed by atoms with Crippen molar-refractivity contribution in [2.45, 2.75) is 20.5 Å². The van der Waals surface area contributed by atoms with Gasteiger partial charge in [-0.15, -0.1) is 0 Å². The molecule has 1 saturated heterocycles. The van der Waals surface area contributed by atoms with Crippen LogP contribution in [0.3, 0.4) is 0 Å². The van der Waals surface area contributed by atoms with Crippen LogP contribution >= 0.6 is 23.2 Å². The van der Waals surface area contributed by atoms with Gasteiger partial charge >= 0.3 is 6.03 Å². The third-order valence-corrected chi connectivity index (χ3v) is 6.94. The molecule has 0 radical (unpaired) electrons. The quantitative estimate of drug-likeness (QED) is 0.216. The molecule has 0 atom stereocenters. The lowest BCUT2D eigenvalue weighted by Gasteiger charge is -2.27. The van der Waals surface area contributed by atoms with Crippen LogP contribution in [0.25, 0.3) is 16.8 Å². The number of nitrogens with zero attached hydrogens (tertiary/aromatic N) is 1. The minimum absolute atomic E-state index is 0.187. The number of hydrogen-bond acceptors (Lipinski definition) is 4. The van der Waals surface area contributed by atoms with Gasteiger partial charge < -0.3 is 4.74 Å². The number of rotatable bonds is 5. The lowest BCUT2D eigenvalue weighted by Crippen LogP contribution is -2.54. The zero-order valence-corrected chi connectivity index (χ0v) is 22.1. The van der Waals surface area contributed by atoms with Gasteiger partial charge in [-0.1, -0.05) is 71.7 Å². The number of barbiturate groups is 1. The molecule has 190 valence electrons. The van der Waals surface area contributed by atoms with Gasteiger partial charge in [0.25, 0.3) is 11.8 Å². The number of nitrogens with one attached hydrogen (secondary N) is 1. The Balaban J connectivity index is 1.52. The highest BCUT2D eigenvalue weighted by Gasteiger charge is 2.37. The Hall–Kier alpha value is -4.13. The minimum atomic E-state index is -0.823. The van der Waals surface area contributed by atoms with E-state index in [2.05, 4.69) is 5.32 Å². The van der Waals surface area contributed by atoms with E-state index in [4.69, 9.17) is 27.9 Å². The van der Waals surface area contributed by atoms with Crippen molar-refractivity contribution in [1.82, 2.24) is 5.32 Å². The van der Waals surface area contributed by atoms with Crippen molar-refractivity contribution in [1.29, 1.82) is 0 Å². The summed E-state index contributed by atoms with van der Waals surface area (Å²) in [4.78, 5) is 39.8. The summed E-state index contributed by atoms with van der Waals surface area (Å²) in [6.07, 6.45) is 1.34. The van der Waals surface area contributed by atoms with Gasteiger partial charge in [-0.25, -0.2) is 9.69 Å². The molecule has 1 N–H and O–H groups in total. The van der Waals surface area contributed by atoms with Crippen LogP contribution in [0.15, 0.2) is 78.4 Å². The van der Waals surface area contributed by atoms with E-state index < -0.39 is 17.8 Å². The first-order chi connectivity index (χ1) is 18.2. The number of carbonyl (C=O) groups excluding carboxylic acids is 3. The van der Waals surface area contributed by atoms with E-state index in [-0.39, 0.29) is 23.0 Å². The first kappa shape index (κ1) is 25.5.